The van der Waals surface area contributed by atoms with Crippen molar-refractivity contribution in [3.05, 3.63) is 131 Å². The normalized spacial score (nSPS) is 12.0. The Balaban J connectivity index is 0.936. The van der Waals surface area contributed by atoms with E-state index in [-0.39, 0.29) is 0 Å². The maximum atomic E-state index is 6.66. The fourth-order valence-electron chi connectivity index (χ4n) is 12.9. The molecule has 17 heteroatoms. The smallest absolute Gasteiger partial charge is 0.203 e. The Morgan fingerprint density at radius 1 is 0.262 bits per heavy atom. The van der Waals surface area contributed by atoms with E-state index in [1.165, 1.54) is 119 Å². The van der Waals surface area contributed by atoms with Gasteiger partial charge in [-0.15, -0.1) is 22.7 Å². The van der Waals surface area contributed by atoms with Crippen molar-refractivity contribution in [1.29, 1.82) is 0 Å². The van der Waals surface area contributed by atoms with Crippen LogP contribution in [0.15, 0.2) is 109 Å². The van der Waals surface area contributed by atoms with E-state index >= 15 is 0 Å². The average Bonchev–Trinajstić information content (AvgIpc) is 0.882. The number of aromatic nitrogens is 2. The van der Waals surface area contributed by atoms with Crippen LogP contribution < -0.4 is 28.4 Å². The molecule has 0 unspecified atom stereocenters. The minimum absolute atomic E-state index is 0.629. The largest absolute Gasteiger partial charge is 0.490 e. The van der Waals surface area contributed by atoms with Gasteiger partial charge in [-0.05, 0) is 283 Å². The molecule has 0 aliphatic heterocycles. The van der Waals surface area contributed by atoms with Gasteiger partial charge in [0, 0.05) is 30.6 Å². The van der Waals surface area contributed by atoms with Crippen molar-refractivity contribution in [1.82, 2.24) is 38.1 Å². The van der Waals surface area contributed by atoms with Gasteiger partial charge < -0.3 is 57.8 Å². The Kier molecular flexibility index (Phi) is 39.2. The molecule has 0 fully saturated rings. The molecule has 107 heavy (non-hydrogen) atoms. The van der Waals surface area contributed by atoms with Crippen molar-refractivity contribution in [3.8, 4) is 76.3 Å². The van der Waals surface area contributed by atoms with Crippen molar-refractivity contribution in [2.75, 3.05) is 163 Å². The Bertz CT molecular complexity index is 3490. The first-order valence-electron chi connectivity index (χ1n) is 40.1. The molecule has 0 atom stereocenters. The van der Waals surface area contributed by atoms with E-state index in [0.717, 1.165) is 195 Å². The molecule has 8 rings (SSSR count). The van der Waals surface area contributed by atoms with Crippen LogP contribution in [-0.4, -0.2) is 202 Å². The average molecular weight is 1520 g/mol. The van der Waals surface area contributed by atoms with Crippen molar-refractivity contribution in [2.45, 2.75) is 154 Å². The minimum Gasteiger partial charge on any atom is -0.490 e. The standard InChI is InChI=1S/C90H130N8O6S3/c1-93(2)55-25-13-19-31-61-99-79-67-73(68-80(100-62-32-20-14-26-56-94(3)4)89(79)103-65-35-23-17-29-59-97(9)10)39-37-71-41-45-75(46-42-71)83-51-53-85(105-83)77-49-50-78(88-87(77)91-107-92-88)86-54-52-84(106-86)76-47-43-72(44-48-76)38-40-74-69-81(101-63-33-21-15-27-57-95(5)6)90(104-66-36-24-18-30-60-98(11)12)82(70-74)102-64-34-22-16-28-58-96(7)8/h37-54,67-70H,13-36,55-66H2,1-12H3/b39-37+,40-38+. The molecule has 8 aromatic rings. The van der Waals surface area contributed by atoms with Crippen LogP contribution in [-0.2, 0) is 0 Å². The molecule has 0 aliphatic rings. The van der Waals surface area contributed by atoms with Crippen molar-refractivity contribution in [3.63, 3.8) is 0 Å². The molecular weight excluding hydrogens is 1390 g/mol. The van der Waals surface area contributed by atoms with Gasteiger partial charge in [0.05, 0.1) is 51.4 Å². The Morgan fingerprint density at radius 3 is 0.776 bits per heavy atom. The first-order valence-corrected chi connectivity index (χ1v) is 42.5. The van der Waals surface area contributed by atoms with E-state index in [9.17, 15) is 0 Å². The zero-order valence-electron chi connectivity index (χ0n) is 67.4. The minimum atomic E-state index is 0.629. The molecule has 3 heterocycles. The molecule has 584 valence electrons. The first-order chi connectivity index (χ1) is 52.1. The summed E-state index contributed by atoms with van der Waals surface area (Å²) >= 11 is 4.86. The highest BCUT2D eigenvalue weighted by Gasteiger charge is 2.21. The van der Waals surface area contributed by atoms with Gasteiger partial charge in [0.1, 0.15) is 11.0 Å². The Labute approximate surface area is 657 Å². The summed E-state index contributed by atoms with van der Waals surface area (Å²) in [7, 11) is 25.7. The summed E-state index contributed by atoms with van der Waals surface area (Å²) in [5.74, 6) is 4.52. The molecule has 0 aliphatic carbocycles. The molecule has 5 aromatic carbocycles. The van der Waals surface area contributed by atoms with Gasteiger partial charge in [-0.2, -0.15) is 8.75 Å². The van der Waals surface area contributed by atoms with Crippen molar-refractivity contribution < 1.29 is 28.4 Å². The van der Waals surface area contributed by atoms with Gasteiger partial charge in [0.25, 0.3) is 0 Å². The van der Waals surface area contributed by atoms with Crippen molar-refractivity contribution in [2.24, 2.45) is 0 Å². The third-order valence-corrected chi connectivity index (χ3v) is 22.0. The summed E-state index contributed by atoms with van der Waals surface area (Å²) in [6.07, 6.45) is 35.8. The second-order valence-electron chi connectivity index (χ2n) is 30.4. The summed E-state index contributed by atoms with van der Waals surface area (Å²) in [4.78, 5) is 18.3. The van der Waals surface area contributed by atoms with Crippen LogP contribution in [0, 0.1) is 0 Å². The van der Waals surface area contributed by atoms with E-state index in [1.807, 2.05) is 0 Å². The second kappa shape index (κ2) is 48.8. The highest BCUT2D eigenvalue weighted by atomic mass is 32.1. The third kappa shape index (κ3) is 31.7. The van der Waals surface area contributed by atoms with Crippen LogP contribution in [0.3, 0.4) is 0 Å². The SMILES string of the molecule is CN(C)CCCCCCOc1cc(/C=C/c2ccc(-c3ccc(-c4ccc(-c5ccc(-c6ccc(/C=C/c7cc(OCCCCCCN(C)C)c(OCCCCCCN(C)C)c(OCCCCCCN(C)C)c7)cc6)s5)c5nsnc45)s3)cc2)cc(OCCCCCCN(C)C)c1OCCCCCCN(C)C. The van der Waals surface area contributed by atoms with Crippen LogP contribution in [0.5, 0.6) is 34.5 Å². The molecule has 0 radical (unpaired) electrons. The van der Waals surface area contributed by atoms with Crippen LogP contribution in [0.25, 0.3) is 77.1 Å². The summed E-state index contributed by atoms with van der Waals surface area (Å²) < 4.78 is 49.8. The van der Waals surface area contributed by atoms with Crippen LogP contribution in [0.2, 0.25) is 0 Å². The summed E-state index contributed by atoms with van der Waals surface area (Å²) in [6.45, 7) is 10.5. The zero-order valence-corrected chi connectivity index (χ0v) is 69.9. The predicted octanol–water partition coefficient (Wildman–Crippen LogP) is 21.8. The molecule has 0 saturated heterocycles. The van der Waals surface area contributed by atoms with Gasteiger partial charge in [-0.25, -0.2) is 0 Å². The quantitative estimate of drug-likeness (QED) is 0.0267. The molecule has 0 N–H and O–H groups in total. The Morgan fingerprint density at radius 2 is 0.505 bits per heavy atom. The van der Waals surface area contributed by atoms with E-state index in [0.29, 0.717) is 39.6 Å². The van der Waals surface area contributed by atoms with E-state index in [2.05, 4.69) is 247 Å². The monoisotopic (exact) mass is 1510 g/mol. The number of benzene rings is 5. The summed E-state index contributed by atoms with van der Waals surface area (Å²) in [6, 6.07) is 39.7. The molecule has 0 bridgehead atoms. The summed E-state index contributed by atoms with van der Waals surface area (Å²) in [5.41, 5.74) is 10.7. The maximum absolute atomic E-state index is 6.66. The number of unbranched alkanes of at least 4 members (excludes halogenated alkanes) is 18. The highest BCUT2D eigenvalue weighted by Crippen LogP contribution is 2.45. The lowest BCUT2D eigenvalue weighted by Crippen LogP contribution is -2.13. The van der Waals surface area contributed by atoms with E-state index in [4.69, 9.17) is 37.2 Å². The van der Waals surface area contributed by atoms with Gasteiger partial charge in [0.2, 0.25) is 11.5 Å². The number of fused-ring (bicyclic) bond motifs is 1. The number of hydrogen-bond acceptors (Lipinski definition) is 17. The fraction of sp³-hybridized carbons (Fsp3) is 0.533. The number of rotatable bonds is 56. The zero-order chi connectivity index (χ0) is 75.8. The molecular formula is C90H130N8O6S3. The first kappa shape index (κ1) is 86.0. The third-order valence-electron chi connectivity index (χ3n) is 19.1. The maximum Gasteiger partial charge on any atom is 0.203 e. The molecule has 3 aromatic heterocycles. The molecule has 14 nitrogen and oxygen atoms in total. The van der Waals surface area contributed by atoms with E-state index < -0.39 is 0 Å². The topological polar surface area (TPSA) is 101 Å². The van der Waals surface area contributed by atoms with Gasteiger partial charge in [-0.3, -0.25) is 0 Å². The van der Waals surface area contributed by atoms with Crippen LogP contribution in [0.1, 0.15) is 176 Å². The highest BCUT2D eigenvalue weighted by molar-refractivity contribution is 7.19. The number of ether oxygens (including phenoxy) is 6. The number of nitrogens with zero attached hydrogens (tertiary/aromatic N) is 8. The number of thiophene rings is 2. The van der Waals surface area contributed by atoms with Gasteiger partial charge >= 0.3 is 0 Å². The second-order valence-corrected chi connectivity index (χ2v) is 33.1. The molecule has 0 spiro atoms. The Hall–Kier alpha value is -6.64. The van der Waals surface area contributed by atoms with Gasteiger partial charge in [-0.1, -0.05) is 162 Å². The number of hydrogen-bond donors (Lipinski definition) is 0. The lowest BCUT2D eigenvalue weighted by molar-refractivity contribution is 0.233. The lowest BCUT2D eigenvalue weighted by Gasteiger charge is -2.18. The van der Waals surface area contributed by atoms with Crippen molar-refractivity contribution >= 4 is 69.7 Å². The summed E-state index contributed by atoms with van der Waals surface area (Å²) in [5, 5.41) is 0. The predicted molar refractivity (Wildman–Crippen MR) is 461 cm³/mol. The van der Waals surface area contributed by atoms with Gasteiger partial charge in [0.15, 0.2) is 23.0 Å². The fourth-order valence-corrected chi connectivity index (χ4v) is 15.6. The van der Waals surface area contributed by atoms with Crippen LogP contribution in [0.4, 0.5) is 0 Å². The molecule has 0 amide bonds. The lowest BCUT2D eigenvalue weighted by atomic mass is 10.1. The van der Waals surface area contributed by atoms with E-state index in [1.54, 1.807) is 22.7 Å². The molecule has 0 saturated carbocycles. The van der Waals surface area contributed by atoms with Crippen LogP contribution >= 0.6 is 34.4 Å².